The van der Waals surface area contributed by atoms with E-state index in [0.29, 0.717) is 0 Å². The molecule has 0 radical (unpaired) electrons. The van der Waals surface area contributed by atoms with Gasteiger partial charge in [0.15, 0.2) is 0 Å². The predicted octanol–water partition coefficient (Wildman–Crippen LogP) is 2.27. The van der Waals surface area contributed by atoms with Crippen LogP contribution in [0.1, 0.15) is 29.5 Å². The SMILES string of the molecule is Cc1ccc(C)c(C2(N)CCOCC2)c1. The van der Waals surface area contributed by atoms with Crippen molar-refractivity contribution in [3.63, 3.8) is 0 Å². The van der Waals surface area contributed by atoms with Gasteiger partial charge in [0.05, 0.1) is 0 Å². The lowest BCUT2D eigenvalue weighted by Crippen LogP contribution is -2.42. The van der Waals surface area contributed by atoms with Crippen molar-refractivity contribution in [3.05, 3.63) is 34.9 Å². The molecule has 2 heteroatoms. The van der Waals surface area contributed by atoms with Gasteiger partial charge in [-0.15, -0.1) is 0 Å². The molecule has 1 aliphatic rings. The molecule has 2 rings (SSSR count). The van der Waals surface area contributed by atoms with Gasteiger partial charge in [0.1, 0.15) is 0 Å². The highest BCUT2D eigenvalue weighted by Crippen LogP contribution is 2.31. The van der Waals surface area contributed by atoms with Crippen LogP contribution >= 0.6 is 0 Å². The third-order valence-corrected chi connectivity index (χ3v) is 3.31. The molecule has 1 aromatic carbocycles. The molecule has 1 saturated heterocycles. The molecule has 0 amide bonds. The van der Waals surface area contributed by atoms with E-state index in [1.54, 1.807) is 0 Å². The average molecular weight is 205 g/mol. The van der Waals surface area contributed by atoms with Crippen LogP contribution in [0.2, 0.25) is 0 Å². The van der Waals surface area contributed by atoms with Gasteiger partial charge in [-0.2, -0.15) is 0 Å². The summed E-state index contributed by atoms with van der Waals surface area (Å²) < 4.78 is 5.38. The Morgan fingerprint density at radius 2 is 1.87 bits per heavy atom. The van der Waals surface area contributed by atoms with Crippen molar-refractivity contribution >= 4 is 0 Å². The van der Waals surface area contributed by atoms with Crippen LogP contribution in [0.15, 0.2) is 18.2 Å². The highest BCUT2D eigenvalue weighted by molar-refractivity contribution is 5.36. The van der Waals surface area contributed by atoms with Crippen LogP contribution in [0, 0.1) is 13.8 Å². The van der Waals surface area contributed by atoms with E-state index < -0.39 is 0 Å². The summed E-state index contributed by atoms with van der Waals surface area (Å²) >= 11 is 0. The standard InChI is InChI=1S/C13H19NO/c1-10-3-4-11(2)12(9-10)13(14)5-7-15-8-6-13/h3-4,9H,5-8,14H2,1-2H3. The fourth-order valence-electron chi connectivity index (χ4n) is 2.28. The summed E-state index contributed by atoms with van der Waals surface area (Å²) in [7, 11) is 0. The number of ether oxygens (including phenoxy) is 1. The van der Waals surface area contributed by atoms with Gasteiger partial charge in [-0.25, -0.2) is 0 Å². The molecule has 1 aliphatic heterocycles. The molecule has 0 unspecified atom stereocenters. The van der Waals surface area contributed by atoms with Gasteiger partial charge in [0, 0.05) is 18.8 Å². The van der Waals surface area contributed by atoms with Crippen LogP contribution in [0.25, 0.3) is 0 Å². The summed E-state index contributed by atoms with van der Waals surface area (Å²) in [5, 5.41) is 0. The van der Waals surface area contributed by atoms with Crippen LogP contribution in [0.3, 0.4) is 0 Å². The molecule has 0 spiro atoms. The first-order valence-corrected chi connectivity index (χ1v) is 5.56. The molecule has 0 bridgehead atoms. The predicted molar refractivity (Wildman–Crippen MR) is 61.8 cm³/mol. The lowest BCUT2D eigenvalue weighted by Gasteiger charge is -2.35. The largest absolute Gasteiger partial charge is 0.381 e. The molecule has 82 valence electrons. The zero-order valence-corrected chi connectivity index (χ0v) is 9.55. The Kier molecular flexibility index (Phi) is 2.81. The fourth-order valence-corrected chi connectivity index (χ4v) is 2.28. The minimum Gasteiger partial charge on any atom is -0.381 e. The smallest absolute Gasteiger partial charge is 0.0486 e. The van der Waals surface area contributed by atoms with Gasteiger partial charge in [0.25, 0.3) is 0 Å². The second kappa shape index (κ2) is 3.95. The Morgan fingerprint density at radius 3 is 2.53 bits per heavy atom. The minimum atomic E-state index is -0.172. The summed E-state index contributed by atoms with van der Waals surface area (Å²) in [6.45, 7) is 5.82. The first kappa shape index (κ1) is 10.7. The lowest BCUT2D eigenvalue weighted by molar-refractivity contribution is 0.0520. The maximum atomic E-state index is 6.47. The van der Waals surface area contributed by atoms with E-state index in [0.717, 1.165) is 26.1 Å². The van der Waals surface area contributed by atoms with Crippen molar-refractivity contribution < 1.29 is 4.74 Å². The first-order valence-electron chi connectivity index (χ1n) is 5.56. The molecule has 2 N–H and O–H groups in total. The maximum absolute atomic E-state index is 6.47. The van der Waals surface area contributed by atoms with Crippen LogP contribution in [-0.4, -0.2) is 13.2 Å². The number of hydrogen-bond donors (Lipinski definition) is 1. The van der Waals surface area contributed by atoms with Gasteiger partial charge in [0.2, 0.25) is 0 Å². The quantitative estimate of drug-likeness (QED) is 0.763. The number of rotatable bonds is 1. The molecular formula is C13H19NO. The summed E-state index contributed by atoms with van der Waals surface area (Å²) in [5.41, 5.74) is 10.2. The van der Waals surface area contributed by atoms with Crippen molar-refractivity contribution in [2.24, 2.45) is 5.73 Å². The number of benzene rings is 1. The molecule has 15 heavy (non-hydrogen) atoms. The van der Waals surface area contributed by atoms with Crippen LogP contribution in [-0.2, 0) is 10.3 Å². The lowest BCUT2D eigenvalue weighted by atomic mass is 9.81. The summed E-state index contributed by atoms with van der Waals surface area (Å²) in [6.07, 6.45) is 1.86. The highest BCUT2D eigenvalue weighted by atomic mass is 16.5. The van der Waals surface area contributed by atoms with Crippen molar-refractivity contribution in [1.29, 1.82) is 0 Å². The second-order valence-electron chi connectivity index (χ2n) is 4.59. The molecular weight excluding hydrogens is 186 g/mol. The first-order chi connectivity index (χ1) is 7.12. The van der Waals surface area contributed by atoms with Gasteiger partial charge < -0.3 is 10.5 Å². The molecule has 1 aromatic rings. The van der Waals surface area contributed by atoms with E-state index >= 15 is 0 Å². The third kappa shape index (κ3) is 2.06. The number of hydrogen-bond acceptors (Lipinski definition) is 2. The van der Waals surface area contributed by atoms with E-state index in [1.165, 1.54) is 16.7 Å². The maximum Gasteiger partial charge on any atom is 0.0486 e. The molecule has 0 aliphatic carbocycles. The molecule has 0 saturated carbocycles. The van der Waals surface area contributed by atoms with E-state index in [1.807, 2.05) is 0 Å². The number of aryl methyl sites for hydroxylation is 2. The van der Waals surface area contributed by atoms with E-state index in [9.17, 15) is 0 Å². The van der Waals surface area contributed by atoms with Crippen molar-refractivity contribution in [2.45, 2.75) is 32.2 Å². The van der Waals surface area contributed by atoms with Gasteiger partial charge in [-0.3, -0.25) is 0 Å². The van der Waals surface area contributed by atoms with Crippen LogP contribution in [0.4, 0.5) is 0 Å². The van der Waals surface area contributed by atoms with E-state index in [4.69, 9.17) is 10.5 Å². The van der Waals surface area contributed by atoms with E-state index in [-0.39, 0.29) is 5.54 Å². The number of nitrogens with two attached hydrogens (primary N) is 1. The summed E-state index contributed by atoms with van der Waals surface area (Å²) in [4.78, 5) is 0. The molecule has 0 atom stereocenters. The molecule has 1 fully saturated rings. The van der Waals surface area contributed by atoms with Crippen molar-refractivity contribution in [1.82, 2.24) is 0 Å². The zero-order valence-electron chi connectivity index (χ0n) is 9.55. The topological polar surface area (TPSA) is 35.2 Å². The fraction of sp³-hybridized carbons (Fsp3) is 0.538. The Labute approximate surface area is 91.4 Å². The van der Waals surface area contributed by atoms with Crippen molar-refractivity contribution in [3.8, 4) is 0 Å². The molecule has 0 aromatic heterocycles. The molecule has 2 nitrogen and oxygen atoms in total. The Bertz CT molecular complexity index is 354. The van der Waals surface area contributed by atoms with Crippen LogP contribution < -0.4 is 5.73 Å². The Morgan fingerprint density at radius 1 is 1.20 bits per heavy atom. The summed E-state index contributed by atoms with van der Waals surface area (Å²) in [5.74, 6) is 0. The second-order valence-corrected chi connectivity index (χ2v) is 4.59. The Hall–Kier alpha value is -0.860. The van der Waals surface area contributed by atoms with Gasteiger partial charge in [-0.05, 0) is 37.8 Å². The molecule has 1 heterocycles. The van der Waals surface area contributed by atoms with Crippen molar-refractivity contribution in [2.75, 3.05) is 13.2 Å². The van der Waals surface area contributed by atoms with Crippen LogP contribution in [0.5, 0.6) is 0 Å². The Balaban J connectivity index is 2.38. The van der Waals surface area contributed by atoms with Gasteiger partial charge in [-0.1, -0.05) is 23.8 Å². The third-order valence-electron chi connectivity index (χ3n) is 3.31. The zero-order chi connectivity index (χ0) is 10.9. The highest BCUT2D eigenvalue weighted by Gasteiger charge is 2.31. The normalized spacial score (nSPS) is 20.2. The minimum absolute atomic E-state index is 0.172. The average Bonchev–Trinajstić information content (AvgIpc) is 2.23. The summed E-state index contributed by atoms with van der Waals surface area (Å²) in [6, 6.07) is 6.52. The monoisotopic (exact) mass is 205 g/mol. The van der Waals surface area contributed by atoms with Gasteiger partial charge >= 0.3 is 0 Å². The van der Waals surface area contributed by atoms with E-state index in [2.05, 4.69) is 32.0 Å².